The van der Waals surface area contributed by atoms with Crippen LogP contribution in [0.3, 0.4) is 0 Å². The van der Waals surface area contributed by atoms with Crippen molar-refractivity contribution < 1.29 is 8.42 Å². The lowest BCUT2D eigenvalue weighted by molar-refractivity contribution is 0.268. The minimum Gasteiger partial charge on any atom is -0.313 e. The van der Waals surface area contributed by atoms with Gasteiger partial charge in [0.2, 0.25) is 10.0 Å². The molecule has 2 atom stereocenters. The Kier molecular flexibility index (Phi) is 5.41. The van der Waals surface area contributed by atoms with E-state index in [1.54, 1.807) is 10.4 Å². The van der Waals surface area contributed by atoms with Crippen LogP contribution in [0.1, 0.15) is 51.1 Å². The molecule has 1 aromatic carbocycles. The van der Waals surface area contributed by atoms with E-state index < -0.39 is 10.0 Å². The van der Waals surface area contributed by atoms with Gasteiger partial charge in [0.1, 0.15) is 0 Å². The molecule has 1 saturated heterocycles. The van der Waals surface area contributed by atoms with E-state index in [9.17, 15) is 8.42 Å². The van der Waals surface area contributed by atoms with E-state index in [0.717, 1.165) is 31.2 Å². The van der Waals surface area contributed by atoms with E-state index in [1.807, 2.05) is 32.2 Å². The first-order chi connectivity index (χ1) is 10.0. The van der Waals surface area contributed by atoms with Crippen LogP contribution in [0.25, 0.3) is 0 Å². The van der Waals surface area contributed by atoms with Gasteiger partial charge in [-0.1, -0.05) is 25.5 Å². The molecule has 2 unspecified atom stereocenters. The summed E-state index contributed by atoms with van der Waals surface area (Å²) in [5.41, 5.74) is 1.03. The van der Waals surface area contributed by atoms with Crippen LogP contribution in [0.2, 0.25) is 0 Å². The predicted octanol–water partition coefficient (Wildman–Crippen LogP) is 2.92. The lowest BCUT2D eigenvalue weighted by atomic mass is 10.1. The quantitative estimate of drug-likeness (QED) is 0.909. The summed E-state index contributed by atoms with van der Waals surface area (Å²) in [6.07, 6.45) is 3.95. The summed E-state index contributed by atoms with van der Waals surface area (Å²) in [5.74, 6) is 0. The number of piperidine rings is 1. The van der Waals surface area contributed by atoms with E-state index >= 15 is 0 Å². The highest BCUT2D eigenvalue weighted by Gasteiger charge is 2.31. The van der Waals surface area contributed by atoms with Crippen LogP contribution in [-0.4, -0.2) is 32.4 Å². The van der Waals surface area contributed by atoms with Crippen LogP contribution in [0.15, 0.2) is 29.2 Å². The van der Waals surface area contributed by atoms with Gasteiger partial charge < -0.3 is 5.32 Å². The Hall–Kier alpha value is -0.910. The van der Waals surface area contributed by atoms with Gasteiger partial charge in [-0.05, 0) is 50.9 Å². The predicted molar refractivity (Wildman–Crippen MR) is 85.7 cm³/mol. The van der Waals surface area contributed by atoms with Crippen molar-refractivity contribution in [1.82, 2.24) is 9.62 Å². The zero-order valence-corrected chi connectivity index (χ0v) is 14.0. The van der Waals surface area contributed by atoms with Gasteiger partial charge in [0.25, 0.3) is 0 Å². The van der Waals surface area contributed by atoms with Crippen LogP contribution in [0, 0.1) is 0 Å². The fraction of sp³-hybridized carbons (Fsp3) is 0.625. The molecule has 0 spiro atoms. The Morgan fingerprint density at radius 3 is 2.76 bits per heavy atom. The molecule has 0 radical (unpaired) electrons. The molecule has 0 aliphatic carbocycles. The lowest BCUT2D eigenvalue weighted by Gasteiger charge is -2.32. The van der Waals surface area contributed by atoms with Crippen molar-refractivity contribution in [2.24, 2.45) is 0 Å². The molecule has 0 aromatic heterocycles. The maximum atomic E-state index is 12.9. The summed E-state index contributed by atoms with van der Waals surface area (Å²) in [6, 6.07) is 7.65. The molecular weight excluding hydrogens is 284 g/mol. The maximum Gasteiger partial charge on any atom is 0.243 e. The molecule has 5 heteroatoms. The number of hydrogen-bond acceptors (Lipinski definition) is 3. The van der Waals surface area contributed by atoms with Gasteiger partial charge in [0.15, 0.2) is 0 Å². The number of benzene rings is 1. The molecule has 0 amide bonds. The average Bonchev–Trinajstić information content (AvgIpc) is 2.49. The van der Waals surface area contributed by atoms with Gasteiger partial charge in [-0.2, -0.15) is 4.31 Å². The van der Waals surface area contributed by atoms with Crippen LogP contribution in [0.4, 0.5) is 0 Å². The van der Waals surface area contributed by atoms with Gasteiger partial charge in [-0.25, -0.2) is 8.42 Å². The van der Waals surface area contributed by atoms with Gasteiger partial charge in [0.05, 0.1) is 4.90 Å². The Morgan fingerprint density at radius 1 is 1.38 bits per heavy atom. The molecule has 0 saturated carbocycles. The lowest BCUT2D eigenvalue weighted by Crippen LogP contribution is -2.41. The molecular formula is C16H26N2O2S. The minimum atomic E-state index is -3.38. The minimum absolute atomic E-state index is 0.0960. The van der Waals surface area contributed by atoms with Crippen LogP contribution in [-0.2, 0) is 10.0 Å². The van der Waals surface area contributed by atoms with Crippen molar-refractivity contribution in [1.29, 1.82) is 0 Å². The van der Waals surface area contributed by atoms with Gasteiger partial charge in [0, 0.05) is 18.6 Å². The molecule has 1 aliphatic heterocycles. The highest BCUT2D eigenvalue weighted by molar-refractivity contribution is 7.89. The zero-order valence-electron chi connectivity index (χ0n) is 13.2. The van der Waals surface area contributed by atoms with Crippen molar-refractivity contribution in [3.8, 4) is 0 Å². The van der Waals surface area contributed by atoms with Crippen LogP contribution >= 0.6 is 0 Å². The highest BCUT2D eigenvalue weighted by Crippen LogP contribution is 2.27. The largest absolute Gasteiger partial charge is 0.313 e. The van der Waals surface area contributed by atoms with Gasteiger partial charge in [-0.15, -0.1) is 0 Å². The number of hydrogen-bond donors (Lipinski definition) is 1. The molecule has 1 heterocycles. The number of sulfonamides is 1. The summed E-state index contributed by atoms with van der Waals surface area (Å²) < 4.78 is 27.4. The number of nitrogens with zero attached hydrogens (tertiary/aromatic N) is 1. The van der Waals surface area contributed by atoms with E-state index in [2.05, 4.69) is 12.2 Å². The number of nitrogens with one attached hydrogen (secondary N) is 1. The number of rotatable bonds is 5. The van der Waals surface area contributed by atoms with Crippen LogP contribution < -0.4 is 5.32 Å². The SMILES string of the molecule is CCC(NC)c1cccc(S(=O)(=O)N2CCCCC2C)c1. The summed E-state index contributed by atoms with van der Waals surface area (Å²) in [7, 11) is -1.47. The molecule has 1 aromatic rings. The van der Waals surface area contributed by atoms with E-state index in [1.165, 1.54) is 0 Å². The molecule has 0 bridgehead atoms. The Balaban J connectivity index is 2.34. The molecule has 1 N–H and O–H groups in total. The fourth-order valence-corrected chi connectivity index (χ4v) is 4.82. The summed E-state index contributed by atoms with van der Waals surface area (Å²) in [5, 5.41) is 3.23. The first-order valence-electron chi connectivity index (χ1n) is 7.79. The van der Waals surface area contributed by atoms with Crippen molar-refractivity contribution >= 4 is 10.0 Å². The van der Waals surface area contributed by atoms with E-state index in [0.29, 0.717) is 11.4 Å². The second kappa shape index (κ2) is 6.90. The summed E-state index contributed by atoms with van der Waals surface area (Å²) in [6.45, 7) is 4.73. The van der Waals surface area contributed by atoms with Crippen molar-refractivity contribution in [3.63, 3.8) is 0 Å². The zero-order chi connectivity index (χ0) is 15.5. The molecule has 1 aliphatic rings. The monoisotopic (exact) mass is 310 g/mol. The molecule has 118 valence electrons. The fourth-order valence-electron chi connectivity index (χ4n) is 3.06. The van der Waals surface area contributed by atoms with E-state index in [-0.39, 0.29) is 12.1 Å². The Bertz CT molecular complexity index is 567. The second-order valence-corrected chi connectivity index (χ2v) is 7.67. The second-order valence-electron chi connectivity index (χ2n) is 5.78. The molecule has 1 fully saturated rings. The van der Waals surface area contributed by atoms with Gasteiger partial charge in [-0.3, -0.25) is 0 Å². The molecule has 2 rings (SSSR count). The Morgan fingerprint density at radius 2 is 2.14 bits per heavy atom. The van der Waals surface area contributed by atoms with Gasteiger partial charge >= 0.3 is 0 Å². The Labute approximate surface area is 128 Å². The smallest absolute Gasteiger partial charge is 0.243 e. The topological polar surface area (TPSA) is 49.4 Å². The third-order valence-electron chi connectivity index (χ3n) is 4.37. The highest BCUT2D eigenvalue weighted by atomic mass is 32.2. The van der Waals surface area contributed by atoms with Crippen molar-refractivity contribution in [3.05, 3.63) is 29.8 Å². The first-order valence-corrected chi connectivity index (χ1v) is 9.23. The molecule has 21 heavy (non-hydrogen) atoms. The summed E-state index contributed by atoms with van der Waals surface area (Å²) in [4.78, 5) is 0.419. The third kappa shape index (κ3) is 3.47. The molecule has 4 nitrogen and oxygen atoms in total. The van der Waals surface area contributed by atoms with Crippen molar-refractivity contribution in [2.75, 3.05) is 13.6 Å². The van der Waals surface area contributed by atoms with Crippen LogP contribution in [0.5, 0.6) is 0 Å². The normalized spacial score (nSPS) is 22.1. The van der Waals surface area contributed by atoms with Crippen molar-refractivity contribution in [2.45, 2.75) is 56.5 Å². The maximum absolute atomic E-state index is 12.9. The average molecular weight is 310 g/mol. The standard InChI is InChI=1S/C16H26N2O2S/c1-4-16(17-3)14-9-7-10-15(12-14)21(19,20)18-11-6-5-8-13(18)2/h7,9-10,12-13,16-17H,4-6,8,11H2,1-3H3. The summed E-state index contributed by atoms with van der Waals surface area (Å²) >= 11 is 0. The first kappa shape index (κ1) is 16.5. The third-order valence-corrected chi connectivity index (χ3v) is 6.38. The van der Waals surface area contributed by atoms with E-state index in [4.69, 9.17) is 0 Å².